The van der Waals surface area contributed by atoms with Crippen LogP contribution in [-0.4, -0.2) is 29.0 Å². The Labute approximate surface area is 82.8 Å². The molecule has 1 atom stereocenters. The van der Waals surface area contributed by atoms with Gasteiger partial charge in [-0.05, 0) is 31.4 Å². The molecule has 1 aliphatic carbocycles. The topological polar surface area (TPSA) is 55.1 Å². The van der Waals surface area contributed by atoms with E-state index in [4.69, 9.17) is 5.73 Å². The highest BCUT2D eigenvalue weighted by Gasteiger charge is 2.40. The Morgan fingerprint density at radius 1 is 1.54 bits per heavy atom. The van der Waals surface area contributed by atoms with Crippen molar-refractivity contribution in [1.29, 1.82) is 0 Å². The Kier molecular flexibility index (Phi) is 2.51. The van der Waals surface area contributed by atoms with Crippen molar-refractivity contribution in [3.8, 4) is 0 Å². The maximum absolute atomic E-state index is 11.7. The van der Waals surface area contributed by atoms with E-state index in [2.05, 4.69) is 5.32 Å². The van der Waals surface area contributed by atoms with Gasteiger partial charge in [-0.2, -0.15) is 11.8 Å². The van der Waals surface area contributed by atoms with Crippen LogP contribution >= 0.6 is 11.8 Å². The standard InChI is InChI=1S/C9H16N2OS/c10-9(3-1-4-9)8(12)11-7-2-5-13-6-7/h7H,1-6,10H2,(H,11,12). The minimum absolute atomic E-state index is 0.0752. The van der Waals surface area contributed by atoms with E-state index in [1.165, 1.54) is 5.75 Å². The average Bonchev–Trinajstić information content (AvgIpc) is 2.52. The molecule has 2 aliphatic rings. The molecule has 2 rings (SSSR count). The first-order chi connectivity index (χ1) is 6.21. The molecule has 4 heteroatoms. The predicted molar refractivity (Wildman–Crippen MR) is 54.6 cm³/mol. The van der Waals surface area contributed by atoms with Crippen molar-refractivity contribution >= 4 is 17.7 Å². The fourth-order valence-corrected chi connectivity index (χ4v) is 2.91. The van der Waals surface area contributed by atoms with Gasteiger partial charge in [-0.25, -0.2) is 0 Å². The number of nitrogens with two attached hydrogens (primary N) is 1. The lowest BCUT2D eigenvalue weighted by Crippen LogP contribution is -2.60. The molecule has 0 radical (unpaired) electrons. The van der Waals surface area contributed by atoms with Crippen LogP contribution in [0.25, 0.3) is 0 Å². The highest BCUT2D eigenvalue weighted by atomic mass is 32.2. The molecule has 1 amide bonds. The fraction of sp³-hybridized carbons (Fsp3) is 0.889. The largest absolute Gasteiger partial charge is 0.351 e. The number of rotatable bonds is 2. The molecule has 0 aromatic carbocycles. The first-order valence-corrected chi connectivity index (χ1v) is 6.04. The number of thioether (sulfide) groups is 1. The Bertz CT molecular complexity index is 210. The second-order valence-electron chi connectivity index (χ2n) is 4.04. The molecule has 1 unspecified atom stereocenters. The summed E-state index contributed by atoms with van der Waals surface area (Å²) in [6.07, 6.45) is 3.92. The molecule has 1 heterocycles. The summed E-state index contributed by atoms with van der Waals surface area (Å²) in [5.74, 6) is 2.30. The van der Waals surface area contributed by atoms with Gasteiger partial charge in [0.1, 0.15) is 0 Å². The van der Waals surface area contributed by atoms with Crippen molar-refractivity contribution in [2.75, 3.05) is 11.5 Å². The van der Waals surface area contributed by atoms with Crippen molar-refractivity contribution < 1.29 is 4.79 Å². The molecule has 2 fully saturated rings. The number of amides is 1. The van der Waals surface area contributed by atoms with Crippen molar-refractivity contribution in [3.05, 3.63) is 0 Å². The monoisotopic (exact) mass is 200 g/mol. The molecule has 0 spiro atoms. The second kappa shape index (κ2) is 3.50. The molecule has 3 nitrogen and oxygen atoms in total. The SMILES string of the molecule is NC1(C(=O)NC2CCSC2)CCC1. The lowest BCUT2D eigenvalue weighted by molar-refractivity contribution is -0.129. The molecule has 74 valence electrons. The molecule has 0 aromatic rings. The lowest BCUT2D eigenvalue weighted by Gasteiger charge is -2.37. The van der Waals surface area contributed by atoms with Gasteiger partial charge in [0.15, 0.2) is 0 Å². The Morgan fingerprint density at radius 3 is 2.77 bits per heavy atom. The van der Waals surface area contributed by atoms with Crippen LogP contribution in [0, 0.1) is 0 Å². The van der Waals surface area contributed by atoms with Crippen LogP contribution in [0.4, 0.5) is 0 Å². The minimum Gasteiger partial charge on any atom is -0.351 e. The summed E-state index contributed by atoms with van der Waals surface area (Å²) in [6.45, 7) is 0. The molecular weight excluding hydrogens is 184 g/mol. The van der Waals surface area contributed by atoms with Crippen LogP contribution < -0.4 is 11.1 Å². The first kappa shape index (κ1) is 9.34. The van der Waals surface area contributed by atoms with Crippen molar-refractivity contribution in [1.82, 2.24) is 5.32 Å². The molecule has 1 saturated carbocycles. The van der Waals surface area contributed by atoms with Crippen molar-refractivity contribution in [3.63, 3.8) is 0 Å². The van der Waals surface area contributed by atoms with E-state index in [1.807, 2.05) is 11.8 Å². The summed E-state index contributed by atoms with van der Waals surface area (Å²) in [5.41, 5.74) is 5.39. The zero-order chi connectivity index (χ0) is 9.31. The maximum Gasteiger partial charge on any atom is 0.240 e. The van der Waals surface area contributed by atoms with Crippen LogP contribution in [0.15, 0.2) is 0 Å². The van der Waals surface area contributed by atoms with Crippen LogP contribution in [0.3, 0.4) is 0 Å². The van der Waals surface area contributed by atoms with E-state index in [0.29, 0.717) is 6.04 Å². The van der Waals surface area contributed by atoms with Gasteiger partial charge in [-0.1, -0.05) is 0 Å². The predicted octanol–water partition coefficient (Wildman–Crippen LogP) is 0.489. The summed E-state index contributed by atoms with van der Waals surface area (Å²) in [4.78, 5) is 11.7. The molecular formula is C9H16N2OS. The van der Waals surface area contributed by atoms with Crippen molar-refractivity contribution in [2.24, 2.45) is 5.73 Å². The Morgan fingerprint density at radius 2 is 2.31 bits per heavy atom. The van der Waals surface area contributed by atoms with E-state index >= 15 is 0 Å². The Hall–Kier alpha value is -0.220. The van der Waals surface area contributed by atoms with Gasteiger partial charge in [-0.3, -0.25) is 4.79 Å². The third-order valence-electron chi connectivity index (χ3n) is 2.96. The fourth-order valence-electron chi connectivity index (χ4n) is 1.76. The summed E-state index contributed by atoms with van der Waals surface area (Å²) < 4.78 is 0. The first-order valence-electron chi connectivity index (χ1n) is 4.88. The summed E-state index contributed by atoms with van der Waals surface area (Å²) in [6, 6.07) is 0.374. The number of carbonyl (C=O) groups is 1. The van der Waals surface area contributed by atoms with Gasteiger partial charge in [0.05, 0.1) is 5.54 Å². The Balaban J connectivity index is 1.83. The highest BCUT2D eigenvalue weighted by molar-refractivity contribution is 7.99. The van der Waals surface area contributed by atoms with E-state index in [-0.39, 0.29) is 5.91 Å². The van der Waals surface area contributed by atoms with Gasteiger partial charge in [0, 0.05) is 11.8 Å². The third-order valence-corrected chi connectivity index (χ3v) is 4.13. The van der Waals surface area contributed by atoms with Gasteiger partial charge < -0.3 is 11.1 Å². The van der Waals surface area contributed by atoms with Crippen LogP contribution in [-0.2, 0) is 4.79 Å². The quantitative estimate of drug-likeness (QED) is 0.682. The minimum atomic E-state index is -0.521. The summed E-state index contributed by atoms with van der Waals surface area (Å²) >= 11 is 1.90. The van der Waals surface area contributed by atoms with E-state index in [9.17, 15) is 4.79 Å². The van der Waals surface area contributed by atoms with Crippen LogP contribution in [0.2, 0.25) is 0 Å². The molecule has 3 N–H and O–H groups in total. The normalized spacial score (nSPS) is 31.0. The number of hydrogen-bond acceptors (Lipinski definition) is 3. The van der Waals surface area contributed by atoms with Crippen molar-refractivity contribution in [2.45, 2.75) is 37.3 Å². The maximum atomic E-state index is 11.7. The number of carbonyl (C=O) groups excluding carboxylic acids is 1. The number of hydrogen-bond donors (Lipinski definition) is 2. The zero-order valence-corrected chi connectivity index (χ0v) is 8.53. The van der Waals surface area contributed by atoms with E-state index in [0.717, 1.165) is 31.4 Å². The molecule has 1 saturated heterocycles. The highest BCUT2D eigenvalue weighted by Crippen LogP contribution is 2.29. The van der Waals surface area contributed by atoms with Crippen LogP contribution in [0.5, 0.6) is 0 Å². The third kappa shape index (κ3) is 1.83. The second-order valence-corrected chi connectivity index (χ2v) is 5.19. The molecule has 13 heavy (non-hydrogen) atoms. The van der Waals surface area contributed by atoms with Gasteiger partial charge in [-0.15, -0.1) is 0 Å². The van der Waals surface area contributed by atoms with Gasteiger partial charge in [0.2, 0.25) is 5.91 Å². The van der Waals surface area contributed by atoms with Gasteiger partial charge in [0.25, 0.3) is 0 Å². The van der Waals surface area contributed by atoms with Gasteiger partial charge >= 0.3 is 0 Å². The lowest BCUT2D eigenvalue weighted by atomic mass is 9.77. The smallest absolute Gasteiger partial charge is 0.240 e. The summed E-state index contributed by atoms with van der Waals surface area (Å²) in [5, 5.41) is 3.04. The summed E-state index contributed by atoms with van der Waals surface area (Å²) in [7, 11) is 0. The zero-order valence-electron chi connectivity index (χ0n) is 7.71. The molecule has 0 aromatic heterocycles. The average molecular weight is 200 g/mol. The molecule has 0 bridgehead atoms. The van der Waals surface area contributed by atoms with E-state index in [1.54, 1.807) is 0 Å². The number of nitrogens with one attached hydrogen (secondary N) is 1. The molecule has 1 aliphatic heterocycles. The van der Waals surface area contributed by atoms with Crippen LogP contribution in [0.1, 0.15) is 25.7 Å². The van der Waals surface area contributed by atoms with E-state index < -0.39 is 5.54 Å².